The fourth-order valence-electron chi connectivity index (χ4n) is 2.24. The van der Waals surface area contributed by atoms with Crippen LogP contribution in [0.3, 0.4) is 0 Å². The maximum atomic E-state index is 5.07. The number of nitrogens with zero attached hydrogens (tertiary/aromatic N) is 4. The molecule has 90 valence electrons. The fourth-order valence-corrected chi connectivity index (χ4v) is 2.24. The highest BCUT2D eigenvalue weighted by Crippen LogP contribution is 2.18. The SMILES string of the molecule is COCC1=NN=C(N2CCc3nc[nH]c3C2)C1. The molecule has 2 aliphatic heterocycles. The van der Waals surface area contributed by atoms with Crippen LogP contribution in [0.15, 0.2) is 16.5 Å². The summed E-state index contributed by atoms with van der Waals surface area (Å²) in [7, 11) is 1.68. The van der Waals surface area contributed by atoms with Gasteiger partial charge in [-0.25, -0.2) is 4.98 Å². The number of H-pyrrole nitrogens is 1. The third kappa shape index (κ3) is 1.95. The first kappa shape index (κ1) is 10.5. The van der Waals surface area contributed by atoms with Crippen LogP contribution < -0.4 is 0 Å². The van der Waals surface area contributed by atoms with Gasteiger partial charge in [0.1, 0.15) is 5.84 Å². The highest BCUT2D eigenvalue weighted by molar-refractivity contribution is 6.07. The standard InChI is InChI=1S/C11H15N5O/c1-17-6-8-4-11(15-14-8)16-3-2-9-10(5-16)13-7-12-9/h7H,2-6H2,1H3,(H,12,13). The number of rotatable bonds is 2. The lowest BCUT2D eigenvalue weighted by Gasteiger charge is -2.27. The van der Waals surface area contributed by atoms with E-state index in [9.17, 15) is 0 Å². The van der Waals surface area contributed by atoms with Gasteiger partial charge in [-0.05, 0) is 0 Å². The topological polar surface area (TPSA) is 65.9 Å². The van der Waals surface area contributed by atoms with Crippen molar-refractivity contribution < 1.29 is 4.74 Å². The Bertz CT molecular complexity index is 476. The number of hydrogen-bond acceptors (Lipinski definition) is 5. The average molecular weight is 233 g/mol. The predicted molar refractivity (Wildman–Crippen MR) is 64.1 cm³/mol. The maximum absolute atomic E-state index is 5.07. The summed E-state index contributed by atoms with van der Waals surface area (Å²) in [5.41, 5.74) is 3.37. The third-order valence-electron chi connectivity index (χ3n) is 3.12. The Morgan fingerprint density at radius 2 is 2.41 bits per heavy atom. The summed E-state index contributed by atoms with van der Waals surface area (Å²) in [6.07, 6.45) is 3.53. The van der Waals surface area contributed by atoms with Crippen LogP contribution in [0.2, 0.25) is 0 Å². The van der Waals surface area contributed by atoms with Crippen molar-refractivity contribution in [2.75, 3.05) is 20.3 Å². The Morgan fingerprint density at radius 1 is 1.47 bits per heavy atom. The first-order chi connectivity index (χ1) is 8.36. The summed E-state index contributed by atoms with van der Waals surface area (Å²) in [6, 6.07) is 0. The minimum atomic E-state index is 0.566. The molecule has 0 amide bonds. The molecule has 1 aromatic rings. The summed E-state index contributed by atoms with van der Waals surface area (Å²) < 4.78 is 5.07. The lowest BCUT2D eigenvalue weighted by molar-refractivity contribution is 0.244. The second-order valence-corrected chi connectivity index (χ2v) is 4.29. The zero-order valence-corrected chi connectivity index (χ0v) is 9.81. The lowest BCUT2D eigenvalue weighted by atomic mass is 10.1. The molecule has 0 aliphatic carbocycles. The number of amidine groups is 1. The summed E-state index contributed by atoms with van der Waals surface area (Å²) in [5, 5.41) is 8.37. The molecule has 2 aliphatic rings. The molecule has 6 heteroatoms. The molecule has 0 saturated carbocycles. The summed E-state index contributed by atoms with van der Waals surface area (Å²) >= 11 is 0. The van der Waals surface area contributed by atoms with E-state index in [2.05, 4.69) is 25.1 Å². The molecule has 0 bridgehead atoms. The van der Waals surface area contributed by atoms with Gasteiger partial charge < -0.3 is 14.6 Å². The van der Waals surface area contributed by atoms with E-state index in [0.29, 0.717) is 6.61 Å². The van der Waals surface area contributed by atoms with Crippen LogP contribution in [0.1, 0.15) is 17.8 Å². The van der Waals surface area contributed by atoms with Crippen LogP contribution in [0, 0.1) is 0 Å². The smallest absolute Gasteiger partial charge is 0.133 e. The molecular weight excluding hydrogens is 218 g/mol. The van der Waals surface area contributed by atoms with Gasteiger partial charge in [0.05, 0.1) is 43.0 Å². The third-order valence-corrected chi connectivity index (χ3v) is 3.12. The molecular formula is C11H15N5O. The van der Waals surface area contributed by atoms with E-state index in [1.54, 1.807) is 13.4 Å². The summed E-state index contributed by atoms with van der Waals surface area (Å²) in [4.78, 5) is 9.73. The van der Waals surface area contributed by atoms with Gasteiger partial charge >= 0.3 is 0 Å². The predicted octanol–water partition coefficient (Wildman–Crippen LogP) is 0.572. The zero-order valence-electron chi connectivity index (χ0n) is 9.81. The number of methoxy groups -OCH3 is 1. The number of aromatic amines is 1. The van der Waals surface area contributed by atoms with Gasteiger partial charge in [-0.2, -0.15) is 5.10 Å². The first-order valence-corrected chi connectivity index (χ1v) is 5.74. The fraction of sp³-hybridized carbons (Fsp3) is 0.545. The summed E-state index contributed by atoms with van der Waals surface area (Å²) in [6.45, 7) is 2.38. The molecule has 1 aromatic heterocycles. The van der Waals surface area contributed by atoms with Crippen LogP contribution in [0.25, 0.3) is 0 Å². The van der Waals surface area contributed by atoms with E-state index in [1.807, 2.05) is 0 Å². The van der Waals surface area contributed by atoms with Crippen LogP contribution in [0.5, 0.6) is 0 Å². The van der Waals surface area contributed by atoms with Gasteiger partial charge in [-0.15, -0.1) is 5.10 Å². The Labute approximate surface area is 99.4 Å². The van der Waals surface area contributed by atoms with Crippen LogP contribution in [0.4, 0.5) is 0 Å². The number of hydrogen-bond donors (Lipinski definition) is 1. The number of nitrogens with one attached hydrogen (secondary N) is 1. The minimum absolute atomic E-state index is 0.566. The Kier molecular flexibility index (Phi) is 2.64. The van der Waals surface area contributed by atoms with Gasteiger partial charge in [-0.3, -0.25) is 0 Å². The highest BCUT2D eigenvalue weighted by atomic mass is 16.5. The Morgan fingerprint density at radius 3 is 3.29 bits per heavy atom. The van der Waals surface area contributed by atoms with E-state index in [0.717, 1.165) is 37.5 Å². The van der Waals surface area contributed by atoms with Crippen molar-refractivity contribution in [1.29, 1.82) is 0 Å². The van der Waals surface area contributed by atoms with Gasteiger partial charge in [0.2, 0.25) is 0 Å². The van der Waals surface area contributed by atoms with E-state index in [1.165, 1.54) is 11.4 Å². The van der Waals surface area contributed by atoms with Gasteiger partial charge in [0, 0.05) is 20.1 Å². The maximum Gasteiger partial charge on any atom is 0.133 e. The van der Waals surface area contributed by atoms with Crippen molar-refractivity contribution in [3.8, 4) is 0 Å². The number of fused-ring (bicyclic) bond motifs is 1. The summed E-state index contributed by atoms with van der Waals surface area (Å²) in [5.74, 6) is 1.04. The lowest BCUT2D eigenvalue weighted by Crippen LogP contribution is -2.36. The van der Waals surface area contributed by atoms with E-state index >= 15 is 0 Å². The van der Waals surface area contributed by atoms with Gasteiger partial charge in [-0.1, -0.05) is 0 Å². The van der Waals surface area contributed by atoms with Crippen molar-refractivity contribution in [3.05, 3.63) is 17.7 Å². The zero-order chi connectivity index (χ0) is 11.7. The second-order valence-electron chi connectivity index (χ2n) is 4.29. The molecule has 6 nitrogen and oxygen atoms in total. The minimum Gasteiger partial charge on any atom is -0.379 e. The quantitative estimate of drug-likeness (QED) is 0.812. The van der Waals surface area contributed by atoms with Crippen LogP contribution in [-0.4, -0.2) is 46.7 Å². The number of imidazole rings is 1. The molecule has 1 N–H and O–H groups in total. The number of aromatic nitrogens is 2. The van der Waals surface area contributed by atoms with E-state index in [-0.39, 0.29) is 0 Å². The molecule has 0 unspecified atom stereocenters. The van der Waals surface area contributed by atoms with Crippen LogP contribution >= 0.6 is 0 Å². The van der Waals surface area contributed by atoms with Gasteiger partial charge in [0.15, 0.2) is 0 Å². The first-order valence-electron chi connectivity index (χ1n) is 5.74. The van der Waals surface area contributed by atoms with Crippen molar-refractivity contribution in [2.45, 2.75) is 19.4 Å². The van der Waals surface area contributed by atoms with Crippen molar-refractivity contribution in [1.82, 2.24) is 14.9 Å². The molecule has 17 heavy (non-hydrogen) atoms. The van der Waals surface area contributed by atoms with E-state index in [4.69, 9.17) is 4.74 Å². The molecule has 0 atom stereocenters. The second kappa shape index (κ2) is 4.29. The molecule has 0 radical (unpaired) electrons. The highest BCUT2D eigenvalue weighted by Gasteiger charge is 2.24. The van der Waals surface area contributed by atoms with Gasteiger partial charge in [0.25, 0.3) is 0 Å². The molecule has 3 heterocycles. The molecule has 0 spiro atoms. The molecule has 3 rings (SSSR count). The number of ether oxygens (including phenoxy) is 1. The van der Waals surface area contributed by atoms with Crippen LogP contribution in [-0.2, 0) is 17.7 Å². The van der Waals surface area contributed by atoms with Crippen molar-refractivity contribution >= 4 is 11.5 Å². The largest absolute Gasteiger partial charge is 0.379 e. The monoisotopic (exact) mass is 233 g/mol. The van der Waals surface area contributed by atoms with Crippen molar-refractivity contribution in [3.63, 3.8) is 0 Å². The molecule has 0 saturated heterocycles. The Hall–Kier alpha value is -1.69. The normalized spacial score (nSPS) is 19.0. The van der Waals surface area contributed by atoms with Crippen molar-refractivity contribution in [2.24, 2.45) is 10.2 Å². The average Bonchev–Trinajstić information content (AvgIpc) is 2.96. The molecule has 0 fully saturated rings. The molecule has 0 aromatic carbocycles. The van der Waals surface area contributed by atoms with E-state index < -0.39 is 0 Å². The Balaban J connectivity index is 1.65.